The Labute approximate surface area is 186 Å². The van der Waals surface area contributed by atoms with Crippen molar-refractivity contribution in [3.8, 4) is 11.5 Å². The number of nitrogens with one attached hydrogen (secondary N) is 1. The summed E-state index contributed by atoms with van der Waals surface area (Å²) in [5.41, 5.74) is 3.81. The van der Waals surface area contributed by atoms with E-state index in [0.717, 1.165) is 16.7 Å². The first-order valence-electron chi connectivity index (χ1n) is 9.57. The van der Waals surface area contributed by atoms with Crippen molar-refractivity contribution < 1.29 is 17.9 Å². The molecule has 0 aromatic heterocycles. The maximum Gasteiger partial charge on any atom is 0.265 e. The van der Waals surface area contributed by atoms with Crippen LogP contribution in [0.25, 0.3) is 0 Å². The highest BCUT2D eigenvalue weighted by molar-refractivity contribution is 7.93. The van der Waals surface area contributed by atoms with Crippen molar-refractivity contribution in [2.45, 2.75) is 25.7 Å². The van der Waals surface area contributed by atoms with Crippen molar-refractivity contribution in [1.82, 2.24) is 0 Å². The van der Waals surface area contributed by atoms with Crippen molar-refractivity contribution in [2.75, 3.05) is 16.7 Å². The summed E-state index contributed by atoms with van der Waals surface area (Å²) in [4.78, 5) is 12.7. The number of nitrogens with zero attached hydrogens (tertiary/aromatic N) is 1. The third kappa shape index (κ3) is 3.75. The number of carbonyl (C=O) groups is 1. The van der Waals surface area contributed by atoms with Crippen molar-refractivity contribution in [1.29, 1.82) is 0 Å². The molecule has 0 saturated carbocycles. The van der Waals surface area contributed by atoms with Gasteiger partial charge < -0.3 is 10.1 Å². The summed E-state index contributed by atoms with van der Waals surface area (Å²) in [5, 5.41) is 2.74. The summed E-state index contributed by atoms with van der Waals surface area (Å²) in [6.45, 7) is 5.63. The van der Waals surface area contributed by atoms with Gasteiger partial charge in [-0.25, -0.2) is 8.42 Å². The minimum absolute atomic E-state index is 0.0280. The van der Waals surface area contributed by atoms with Gasteiger partial charge >= 0.3 is 0 Å². The molecular formula is C23H21ClN2O4S. The Balaban J connectivity index is 1.82. The summed E-state index contributed by atoms with van der Waals surface area (Å²) < 4.78 is 33.9. The molecule has 0 fully saturated rings. The fourth-order valence-corrected chi connectivity index (χ4v) is 5.22. The van der Waals surface area contributed by atoms with E-state index in [-0.39, 0.29) is 21.2 Å². The Kier molecular flexibility index (Phi) is 5.19. The number of benzene rings is 3. The van der Waals surface area contributed by atoms with E-state index in [4.69, 9.17) is 16.3 Å². The molecule has 1 aliphatic rings. The Bertz CT molecular complexity index is 1340. The van der Waals surface area contributed by atoms with Gasteiger partial charge in [-0.2, -0.15) is 0 Å². The second-order valence-corrected chi connectivity index (χ2v) is 9.94. The molecule has 0 saturated heterocycles. The van der Waals surface area contributed by atoms with Crippen molar-refractivity contribution in [3.63, 3.8) is 0 Å². The molecule has 0 atom stereocenters. The highest BCUT2D eigenvalue weighted by Crippen LogP contribution is 2.40. The zero-order valence-electron chi connectivity index (χ0n) is 17.5. The molecule has 160 valence electrons. The topological polar surface area (TPSA) is 75.7 Å². The summed E-state index contributed by atoms with van der Waals surface area (Å²) in [7, 11) is -2.57. The highest BCUT2D eigenvalue weighted by Gasteiger charge is 2.30. The zero-order chi connectivity index (χ0) is 22.5. The van der Waals surface area contributed by atoms with Crippen LogP contribution < -0.4 is 14.4 Å². The van der Waals surface area contributed by atoms with Crippen LogP contribution >= 0.6 is 11.6 Å². The molecule has 3 aromatic rings. The lowest BCUT2D eigenvalue weighted by atomic mass is 10.1. The molecule has 0 aliphatic carbocycles. The number of ether oxygens (including phenoxy) is 1. The molecule has 0 spiro atoms. The lowest BCUT2D eigenvalue weighted by molar-refractivity contribution is 0.102. The molecule has 4 rings (SSSR count). The number of rotatable bonds is 3. The molecule has 1 N–H and O–H groups in total. The monoisotopic (exact) mass is 456 g/mol. The minimum atomic E-state index is -4.04. The van der Waals surface area contributed by atoms with Crippen molar-refractivity contribution in [3.05, 3.63) is 75.8 Å². The first kappa shape index (κ1) is 21.2. The van der Waals surface area contributed by atoms with Gasteiger partial charge in [-0.05, 0) is 61.7 Å². The average Bonchev–Trinajstić information content (AvgIpc) is 2.83. The third-order valence-corrected chi connectivity index (χ3v) is 7.46. The fraction of sp³-hybridized carbons (Fsp3) is 0.174. The van der Waals surface area contributed by atoms with Gasteiger partial charge in [0, 0.05) is 13.1 Å². The van der Waals surface area contributed by atoms with E-state index < -0.39 is 15.9 Å². The molecule has 1 aliphatic heterocycles. The van der Waals surface area contributed by atoms with E-state index in [1.807, 2.05) is 39.0 Å². The second kappa shape index (κ2) is 7.59. The number of fused-ring (bicyclic) bond motifs is 2. The first-order chi connectivity index (χ1) is 14.6. The van der Waals surface area contributed by atoms with Gasteiger partial charge in [0.25, 0.3) is 15.9 Å². The number of anilines is 2. The van der Waals surface area contributed by atoms with Gasteiger partial charge in [0.1, 0.15) is 10.6 Å². The number of hydrogen-bond acceptors (Lipinski definition) is 4. The number of aryl methyl sites for hydroxylation is 3. The number of amides is 1. The van der Waals surface area contributed by atoms with Crippen LogP contribution in [0.5, 0.6) is 11.5 Å². The summed E-state index contributed by atoms with van der Waals surface area (Å²) >= 11 is 6.39. The van der Waals surface area contributed by atoms with Gasteiger partial charge in [0.05, 0.1) is 22.0 Å². The van der Waals surface area contributed by atoms with E-state index in [1.54, 1.807) is 18.2 Å². The standard InChI is InChI=1S/C23H21ClN2O4S/c1-13-5-7-15(3)19(9-13)26(4)31(28,29)22-11-16-20(12-17(22)24)30-21-10-14(2)6-8-18(21)25-23(16)27/h5-12H,1-4H3,(H,25,27). The Hall–Kier alpha value is -3.03. The Morgan fingerprint density at radius 3 is 2.35 bits per heavy atom. The maximum absolute atomic E-state index is 13.4. The SMILES string of the molecule is Cc1ccc2c(c1)Oc1cc(Cl)c(S(=O)(=O)N(C)c3cc(C)ccc3C)cc1C(=O)N2. The van der Waals surface area contributed by atoms with E-state index in [9.17, 15) is 13.2 Å². The zero-order valence-corrected chi connectivity index (χ0v) is 19.1. The van der Waals surface area contributed by atoms with Gasteiger partial charge in [0.2, 0.25) is 0 Å². The van der Waals surface area contributed by atoms with Gasteiger partial charge in [0.15, 0.2) is 5.75 Å². The lowest BCUT2D eigenvalue weighted by Crippen LogP contribution is -2.28. The molecular weight excluding hydrogens is 436 g/mol. The van der Waals surface area contributed by atoms with Crippen LogP contribution in [0.2, 0.25) is 5.02 Å². The van der Waals surface area contributed by atoms with E-state index in [0.29, 0.717) is 17.1 Å². The Morgan fingerprint density at radius 2 is 1.61 bits per heavy atom. The molecule has 6 nitrogen and oxygen atoms in total. The summed E-state index contributed by atoms with van der Waals surface area (Å²) in [6.07, 6.45) is 0. The van der Waals surface area contributed by atoms with E-state index in [2.05, 4.69) is 5.32 Å². The summed E-state index contributed by atoms with van der Waals surface area (Å²) in [5.74, 6) is 0.187. The average molecular weight is 457 g/mol. The van der Waals surface area contributed by atoms with Crippen LogP contribution in [0.15, 0.2) is 53.4 Å². The number of hydrogen-bond donors (Lipinski definition) is 1. The van der Waals surface area contributed by atoms with Crippen LogP contribution in [0.1, 0.15) is 27.0 Å². The normalized spacial score (nSPS) is 12.9. The van der Waals surface area contributed by atoms with E-state index in [1.165, 1.54) is 23.5 Å². The number of halogens is 1. The molecule has 3 aromatic carbocycles. The quantitative estimate of drug-likeness (QED) is 0.568. The predicted molar refractivity (Wildman–Crippen MR) is 122 cm³/mol. The second-order valence-electron chi connectivity index (χ2n) is 7.60. The van der Waals surface area contributed by atoms with Gasteiger partial charge in [-0.1, -0.05) is 29.8 Å². The smallest absolute Gasteiger partial charge is 0.265 e. The Morgan fingerprint density at radius 1 is 0.935 bits per heavy atom. The van der Waals surface area contributed by atoms with Crippen LogP contribution in [0, 0.1) is 20.8 Å². The van der Waals surface area contributed by atoms with Crippen LogP contribution in [-0.2, 0) is 10.0 Å². The molecule has 8 heteroatoms. The van der Waals surface area contributed by atoms with E-state index >= 15 is 0 Å². The van der Waals surface area contributed by atoms with Gasteiger partial charge in [-0.15, -0.1) is 0 Å². The van der Waals surface area contributed by atoms with Crippen LogP contribution in [0.3, 0.4) is 0 Å². The first-order valence-corrected chi connectivity index (χ1v) is 11.4. The largest absolute Gasteiger partial charge is 0.454 e. The number of carbonyl (C=O) groups excluding carboxylic acids is 1. The molecule has 0 unspecified atom stereocenters. The maximum atomic E-state index is 13.4. The number of sulfonamides is 1. The van der Waals surface area contributed by atoms with Crippen molar-refractivity contribution >= 4 is 38.9 Å². The summed E-state index contributed by atoms with van der Waals surface area (Å²) in [6, 6.07) is 13.6. The fourth-order valence-electron chi connectivity index (χ4n) is 3.46. The molecule has 0 radical (unpaired) electrons. The van der Waals surface area contributed by atoms with Crippen molar-refractivity contribution in [2.24, 2.45) is 0 Å². The minimum Gasteiger partial charge on any atom is -0.454 e. The molecule has 1 heterocycles. The lowest BCUT2D eigenvalue weighted by Gasteiger charge is -2.23. The predicted octanol–water partition coefficient (Wildman–Crippen LogP) is 5.45. The third-order valence-electron chi connectivity index (χ3n) is 5.23. The molecule has 1 amide bonds. The van der Waals surface area contributed by atoms with Crippen LogP contribution in [-0.4, -0.2) is 21.4 Å². The highest BCUT2D eigenvalue weighted by atomic mass is 35.5. The van der Waals surface area contributed by atoms with Gasteiger partial charge in [-0.3, -0.25) is 9.10 Å². The van der Waals surface area contributed by atoms with Crippen LogP contribution in [0.4, 0.5) is 11.4 Å². The molecule has 31 heavy (non-hydrogen) atoms. The molecule has 0 bridgehead atoms.